The van der Waals surface area contributed by atoms with Crippen LogP contribution in [-0.2, 0) is 14.3 Å². The molecule has 0 fully saturated rings. The summed E-state index contributed by atoms with van der Waals surface area (Å²) in [5.41, 5.74) is -1.11. The minimum absolute atomic E-state index is 0.0584. The van der Waals surface area contributed by atoms with E-state index in [-0.39, 0.29) is 12.8 Å². The number of esters is 1. The monoisotopic (exact) mass is 271 g/mol. The van der Waals surface area contributed by atoms with Gasteiger partial charge in [0.25, 0.3) is 0 Å². The Kier molecular flexibility index (Phi) is 7.23. The normalized spacial score (nSPS) is 15.2. The second kappa shape index (κ2) is 7.58. The molecule has 18 heavy (non-hydrogen) atoms. The molecule has 4 nitrogen and oxygen atoms in total. The maximum Gasteiger partial charge on any atom is 0.389 e. The fourth-order valence-corrected chi connectivity index (χ4v) is 1.56. The second-order valence-electron chi connectivity index (χ2n) is 4.21. The first-order valence-electron chi connectivity index (χ1n) is 5.64. The van der Waals surface area contributed by atoms with E-state index < -0.39 is 24.1 Å². The number of rotatable bonds is 8. The number of nitrogens with one attached hydrogen (secondary N) is 1. The Hall–Kier alpha value is -0.820. The summed E-state index contributed by atoms with van der Waals surface area (Å²) in [4.78, 5) is 11.6. The number of hydrogen-bond donors (Lipinski definition) is 1. The van der Waals surface area contributed by atoms with Crippen LogP contribution >= 0.6 is 0 Å². The molecule has 108 valence electrons. The number of carbonyl (C=O) groups excluding carboxylic acids is 1. The van der Waals surface area contributed by atoms with Gasteiger partial charge in [0.05, 0.1) is 13.7 Å². The minimum atomic E-state index is -4.20. The number of alkyl halides is 3. The third kappa shape index (κ3) is 6.80. The molecule has 0 aliphatic rings. The molecule has 1 N–H and O–H groups in total. The Morgan fingerprint density at radius 3 is 2.28 bits per heavy atom. The number of methoxy groups -OCH3 is 2. The summed E-state index contributed by atoms with van der Waals surface area (Å²) < 4.78 is 45.6. The molecule has 0 saturated heterocycles. The van der Waals surface area contributed by atoms with E-state index >= 15 is 0 Å². The third-order valence-electron chi connectivity index (χ3n) is 2.59. The van der Waals surface area contributed by atoms with Gasteiger partial charge >= 0.3 is 12.1 Å². The molecule has 0 saturated carbocycles. The van der Waals surface area contributed by atoms with Gasteiger partial charge in [0.15, 0.2) is 0 Å². The predicted octanol–water partition coefficient (Wildman–Crippen LogP) is 1.89. The van der Waals surface area contributed by atoms with E-state index in [0.29, 0.717) is 13.2 Å². The highest BCUT2D eigenvalue weighted by atomic mass is 19.4. The van der Waals surface area contributed by atoms with Crippen molar-refractivity contribution in [3.8, 4) is 0 Å². The lowest BCUT2D eigenvalue weighted by Crippen LogP contribution is -2.51. The van der Waals surface area contributed by atoms with Crippen molar-refractivity contribution in [1.82, 2.24) is 5.32 Å². The lowest BCUT2D eigenvalue weighted by atomic mass is 9.94. The SMILES string of the molecule is COCCNC(C)(CCCC(F)(F)F)C(=O)OC. The van der Waals surface area contributed by atoms with Gasteiger partial charge in [-0.25, -0.2) is 0 Å². The van der Waals surface area contributed by atoms with Crippen molar-refractivity contribution in [2.75, 3.05) is 27.4 Å². The van der Waals surface area contributed by atoms with Gasteiger partial charge in [-0.2, -0.15) is 13.2 Å². The van der Waals surface area contributed by atoms with Gasteiger partial charge in [-0.05, 0) is 19.8 Å². The maximum atomic E-state index is 12.1. The number of carbonyl (C=O) groups is 1. The highest BCUT2D eigenvalue weighted by Gasteiger charge is 2.35. The van der Waals surface area contributed by atoms with Crippen molar-refractivity contribution in [2.45, 2.75) is 37.9 Å². The molecule has 0 heterocycles. The molecule has 0 aliphatic carbocycles. The van der Waals surface area contributed by atoms with E-state index in [0.717, 1.165) is 0 Å². The highest BCUT2D eigenvalue weighted by molar-refractivity contribution is 5.80. The van der Waals surface area contributed by atoms with Crippen LogP contribution in [0.4, 0.5) is 13.2 Å². The summed E-state index contributed by atoms with van der Waals surface area (Å²) in [6.45, 7) is 2.27. The van der Waals surface area contributed by atoms with Crippen LogP contribution in [0.2, 0.25) is 0 Å². The summed E-state index contributed by atoms with van der Waals surface area (Å²) >= 11 is 0. The van der Waals surface area contributed by atoms with Crippen molar-refractivity contribution in [1.29, 1.82) is 0 Å². The molecule has 7 heteroatoms. The molecule has 0 aromatic carbocycles. The largest absolute Gasteiger partial charge is 0.468 e. The van der Waals surface area contributed by atoms with Crippen molar-refractivity contribution >= 4 is 5.97 Å². The smallest absolute Gasteiger partial charge is 0.389 e. The van der Waals surface area contributed by atoms with E-state index in [1.54, 1.807) is 0 Å². The van der Waals surface area contributed by atoms with E-state index in [9.17, 15) is 18.0 Å². The molecule has 0 rings (SSSR count). The fraction of sp³-hybridized carbons (Fsp3) is 0.909. The zero-order chi connectivity index (χ0) is 14.2. The fourth-order valence-electron chi connectivity index (χ4n) is 1.56. The molecule has 0 aromatic rings. The molecule has 0 bridgehead atoms. The van der Waals surface area contributed by atoms with E-state index in [1.165, 1.54) is 21.1 Å². The summed E-state index contributed by atoms with van der Waals surface area (Å²) in [5.74, 6) is -0.569. The standard InChI is InChI=1S/C11H20F3NO3/c1-10(9(16)18-3,15-7-8-17-2)5-4-6-11(12,13)14/h15H,4-8H2,1-3H3. The Bertz CT molecular complexity index is 258. The van der Waals surface area contributed by atoms with Crippen LogP contribution < -0.4 is 5.32 Å². The first-order chi connectivity index (χ1) is 8.25. The molecular weight excluding hydrogens is 251 g/mol. The first kappa shape index (κ1) is 17.2. The summed E-state index contributed by atoms with van der Waals surface area (Å²) in [5, 5.41) is 2.87. The predicted molar refractivity (Wildman–Crippen MR) is 60.2 cm³/mol. The molecule has 0 spiro atoms. The zero-order valence-corrected chi connectivity index (χ0v) is 10.9. The highest BCUT2D eigenvalue weighted by Crippen LogP contribution is 2.25. The first-order valence-corrected chi connectivity index (χ1v) is 5.64. The lowest BCUT2D eigenvalue weighted by molar-refractivity contribution is -0.150. The molecule has 0 radical (unpaired) electrons. The molecule has 0 aliphatic heterocycles. The number of hydrogen-bond acceptors (Lipinski definition) is 4. The number of halogens is 3. The van der Waals surface area contributed by atoms with E-state index in [2.05, 4.69) is 10.1 Å². The molecule has 1 atom stereocenters. The summed E-state index contributed by atoms with van der Waals surface area (Å²) in [6.07, 6.45) is -5.19. The van der Waals surface area contributed by atoms with Crippen LogP contribution in [0.1, 0.15) is 26.2 Å². The van der Waals surface area contributed by atoms with Crippen LogP contribution in [0.5, 0.6) is 0 Å². The van der Waals surface area contributed by atoms with Crippen LogP contribution in [0.25, 0.3) is 0 Å². The van der Waals surface area contributed by atoms with Crippen LogP contribution in [0, 0.1) is 0 Å². The Labute approximate surface area is 105 Å². The van der Waals surface area contributed by atoms with Gasteiger partial charge in [-0.1, -0.05) is 0 Å². The van der Waals surface area contributed by atoms with Gasteiger partial charge < -0.3 is 9.47 Å². The molecule has 0 aromatic heterocycles. The molecule has 0 amide bonds. The average molecular weight is 271 g/mol. The van der Waals surface area contributed by atoms with E-state index in [1.807, 2.05) is 0 Å². The van der Waals surface area contributed by atoms with Crippen molar-refractivity contribution in [3.05, 3.63) is 0 Å². The van der Waals surface area contributed by atoms with Crippen LogP contribution in [0.15, 0.2) is 0 Å². The van der Waals surface area contributed by atoms with Gasteiger partial charge in [0, 0.05) is 20.1 Å². The maximum absolute atomic E-state index is 12.1. The summed E-state index contributed by atoms with van der Waals surface area (Å²) in [6, 6.07) is 0. The van der Waals surface area contributed by atoms with Crippen LogP contribution in [0.3, 0.4) is 0 Å². The van der Waals surface area contributed by atoms with Crippen LogP contribution in [-0.4, -0.2) is 45.1 Å². The third-order valence-corrected chi connectivity index (χ3v) is 2.59. The molecular formula is C11H20F3NO3. The average Bonchev–Trinajstić information content (AvgIpc) is 2.26. The van der Waals surface area contributed by atoms with Gasteiger partial charge in [0.2, 0.25) is 0 Å². The number of ether oxygens (including phenoxy) is 2. The van der Waals surface area contributed by atoms with Crippen molar-refractivity contribution in [3.63, 3.8) is 0 Å². The zero-order valence-electron chi connectivity index (χ0n) is 10.9. The Morgan fingerprint density at radius 2 is 1.83 bits per heavy atom. The Balaban J connectivity index is 4.34. The van der Waals surface area contributed by atoms with E-state index in [4.69, 9.17) is 4.74 Å². The molecule has 1 unspecified atom stereocenters. The van der Waals surface area contributed by atoms with Gasteiger partial charge in [0.1, 0.15) is 5.54 Å². The van der Waals surface area contributed by atoms with Crippen molar-refractivity contribution in [2.24, 2.45) is 0 Å². The summed E-state index contributed by atoms with van der Waals surface area (Å²) in [7, 11) is 2.71. The second-order valence-corrected chi connectivity index (χ2v) is 4.21. The van der Waals surface area contributed by atoms with Gasteiger partial charge in [-0.15, -0.1) is 0 Å². The topological polar surface area (TPSA) is 47.6 Å². The van der Waals surface area contributed by atoms with Gasteiger partial charge in [-0.3, -0.25) is 10.1 Å². The minimum Gasteiger partial charge on any atom is -0.468 e. The van der Waals surface area contributed by atoms with Crippen molar-refractivity contribution < 1.29 is 27.4 Å². The quantitative estimate of drug-likeness (QED) is 0.541. The lowest BCUT2D eigenvalue weighted by Gasteiger charge is -2.28. The Morgan fingerprint density at radius 1 is 1.22 bits per heavy atom.